The van der Waals surface area contributed by atoms with E-state index < -0.39 is 0 Å². The number of hydrogen-bond donors (Lipinski definition) is 1. The van der Waals surface area contributed by atoms with Crippen molar-refractivity contribution in [1.29, 1.82) is 0 Å². The van der Waals surface area contributed by atoms with Crippen molar-refractivity contribution < 1.29 is 23.8 Å². The lowest BCUT2D eigenvalue weighted by Crippen LogP contribution is -2.35. The maximum absolute atomic E-state index is 13.0. The van der Waals surface area contributed by atoms with E-state index in [-0.39, 0.29) is 35.3 Å². The zero-order chi connectivity index (χ0) is 24.8. The molecule has 10 heteroatoms. The van der Waals surface area contributed by atoms with Crippen LogP contribution < -0.4 is 14.8 Å². The normalized spacial score (nSPS) is 18.9. The Kier molecular flexibility index (Phi) is 8.67. The molecule has 2 aliphatic heterocycles. The molecule has 184 valence electrons. The van der Waals surface area contributed by atoms with Crippen LogP contribution in [0.25, 0.3) is 6.08 Å². The Labute approximate surface area is 218 Å². The van der Waals surface area contributed by atoms with Gasteiger partial charge in [0.05, 0.1) is 29.2 Å². The van der Waals surface area contributed by atoms with Gasteiger partial charge >= 0.3 is 0 Å². The van der Waals surface area contributed by atoms with Gasteiger partial charge in [0.2, 0.25) is 0 Å². The Bertz CT molecular complexity index is 1140. The minimum absolute atomic E-state index is 0.0198. The standard InChI is InChI=1S/C25H25ClN2O5S2/c1-2-31-20-12-16(13-21-24(30)28(25(34)35-21)14-18-9-6-10-32-18)11-19(26)23(20)33-15-22(29)27-17-7-4-3-5-8-17/h3-5,7-8,11-13,18H,2,6,9-10,14-15H2,1H3,(H,27,29)/b21-13-/t18-/m1/s1. The van der Waals surface area contributed by atoms with Gasteiger partial charge in [0.1, 0.15) is 4.32 Å². The highest BCUT2D eigenvalue weighted by Crippen LogP contribution is 2.39. The molecule has 0 aromatic heterocycles. The number of hydrogen-bond acceptors (Lipinski definition) is 7. The molecule has 2 aliphatic rings. The number of carbonyl (C=O) groups excluding carboxylic acids is 2. The summed E-state index contributed by atoms with van der Waals surface area (Å²) in [6, 6.07) is 12.5. The van der Waals surface area contributed by atoms with E-state index in [9.17, 15) is 9.59 Å². The SMILES string of the molecule is CCOc1cc(/C=C2\SC(=S)N(C[C@H]3CCCO3)C2=O)cc(Cl)c1OCC(=O)Nc1ccccc1. The molecule has 2 saturated heterocycles. The number of rotatable bonds is 9. The van der Waals surface area contributed by atoms with Crippen LogP contribution in [0, 0.1) is 0 Å². The fourth-order valence-corrected chi connectivity index (χ4v) is 5.28. The van der Waals surface area contributed by atoms with Gasteiger partial charge in [-0.25, -0.2) is 0 Å². The number of ether oxygens (including phenoxy) is 3. The van der Waals surface area contributed by atoms with Gasteiger partial charge in [0, 0.05) is 12.3 Å². The molecule has 2 heterocycles. The predicted molar refractivity (Wildman–Crippen MR) is 142 cm³/mol. The molecular formula is C25H25ClN2O5S2. The van der Waals surface area contributed by atoms with Gasteiger partial charge < -0.3 is 19.5 Å². The topological polar surface area (TPSA) is 77.1 Å². The Morgan fingerprint density at radius 2 is 2.11 bits per heavy atom. The zero-order valence-electron chi connectivity index (χ0n) is 19.1. The van der Waals surface area contributed by atoms with Gasteiger partial charge in [-0.15, -0.1) is 0 Å². The Hall–Kier alpha value is -2.59. The second-order valence-electron chi connectivity index (χ2n) is 7.89. The summed E-state index contributed by atoms with van der Waals surface area (Å²) in [6.07, 6.45) is 3.67. The summed E-state index contributed by atoms with van der Waals surface area (Å²) < 4.78 is 17.6. The van der Waals surface area contributed by atoms with Crippen molar-refractivity contribution in [3.63, 3.8) is 0 Å². The first-order chi connectivity index (χ1) is 16.9. The second-order valence-corrected chi connectivity index (χ2v) is 9.98. The Morgan fingerprint density at radius 3 is 2.83 bits per heavy atom. The lowest BCUT2D eigenvalue weighted by atomic mass is 10.1. The average Bonchev–Trinajstić information content (AvgIpc) is 3.43. The molecule has 0 bridgehead atoms. The van der Waals surface area contributed by atoms with Gasteiger partial charge in [0.15, 0.2) is 18.1 Å². The highest BCUT2D eigenvalue weighted by atomic mass is 35.5. The van der Waals surface area contributed by atoms with Crippen molar-refractivity contribution in [3.05, 3.63) is 58.0 Å². The summed E-state index contributed by atoms with van der Waals surface area (Å²) in [4.78, 5) is 27.3. The number of benzene rings is 2. The van der Waals surface area contributed by atoms with Crippen LogP contribution in [0.2, 0.25) is 5.02 Å². The summed E-state index contributed by atoms with van der Waals surface area (Å²) in [7, 11) is 0. The van der Waals surface area contributed by atoms with Crippen LogP contribution in [0.1, 0.15) is 25.3 Å². The second kappa shape index (κ2) is 11.9. The van der Waals surface area contributed by atoms with Crippen LogP contribution in [-0.2, 0) is 14.3 Å². The fourth-order valence-electron chi connectivity index (χ4n) is 3.73. The van der Waals surface area contributed by atoms with E-state index in [1.165, 1.54) is 11.8 Å². The number of halogens is 1. The van der Waals surface area contributed by atoms with E-state index in [0.717, 1.165) is 19.4 Å². The van der Waals surface area contributed by atoms with Gasteiger partial charge in [-0.2, -0.15) is 0 Å². The lowest BCUT2D eigenvalue weighted by molar-refractivity contribution is -0.123. The number of carbonyl (C=O) groups is 2. The van der Waals surface area contributed by atoms with Crippen molar-refractivity contribution in [2.75, 3.05) is 31.7 Å². The molecule has 2 aromatic carbocycles. The van der Waals surface area contributed by atoms with Crippen LogP contribution >= 0.6 is 35.6 Å². The largest absolute Gasteiger partial charge is 0.490 e. The lowest BCUT2D eigenvalue weighted by Gasteiger charge is -2.18. The van der Waals surface area contributed by atoms with Crippen molar-refractivity contribution >= 4 is 63.5 Å². The van der Waals surface area contributed by atoms with Crippen LogP contribution in [0.5, 0.6) is 11.5 Å². The van der Waals surface area contributed by atoms with Gasteiger partial charge in [0.25, 0.3) is 11.8 Å². The minimum atomic E-state index is -0.325. The third-order valence-corrected chi connectivity index (χ3v) is 6.98. The number of anilines is 1. The molecule has 2 amide bonds. The highest BCUT2D eigenvalue weighted by molar-refractivity contribution is 8.26. The molecule has 2 aromatic rings. The van der Waals surface area contributed by atoms with Gasteiger partial charge in [-0.3, -0.25) is 14.5 Å². The molecule has 0 unspecified atom stereocenters. The van der Waals surface area contributed by atoms with Crippen molar-refractivity contribution in [2.45, 2.75) is 25.9 Å². The first-order valence-corrected chi connectivity index (χ1v) is 12.9. The molecule has 7 nitrogen and oxygen atoms in total. The van der Waals surface area contributed by atoms with Crippen LogP contribution in [0.3, 0.4) is 0 Å². The quantitative estimate of drug-likeness (QED) is 0.354. The third kappa shape index (κ3) is 6.55. The number of nitrogens with one attached hydrogen (secondary N) is 1. The van der Waals surface area contributed by atoms with E-state index in [1.807, 2.05) is 25.1 Å². The molecule has 0 aliphatic carbocycles. The molecule has 0 spiro atoms. The first kappa shape index (κ1) is 25.5. The molecule has 0 radical (unpaired) electrons. The summed E-state index contributed by atoms with van der Waals surface area (Å²) in [5.41, 5.74) is 1.33. The summed E-state index contributed by atoms with van der Waals surface area (Å²) in [5, 5.41) is 3.03. The van der Waals surface area contributed by atoms with Crippen LogP contribution in [-0.4, -0.2) is 53.5 Å². The van der Waals surface area contributed by atoms with E-state index in [4.69, 9.17) is 38.0 Å². The molecular weight excluding hydrogens is 508 g/mol. The van der Waals surface area contributed by atoms with E-state index in [0.29, 0.717) is 39.4 Å². The third-order valence-electron chi connectivity index (χ3n) is 5.32. The average molecular weight is 533 g/mol. The number of para-hydroxylation sites is 1. The predicted octanol–water partition coefficient (Wildman–Crippen LogP) is 5.14. The molecule has 2 fully saturated rings. The Balaban J connectivity index is 1.47. The summed E-state index contributed by atoms with van der Waals surface area (Å²) in [6.45, 7) is 3.15. The van der Waals surface area contributed by atoms with E-state index in [2.05, 4.69) is 5.32 Å². The minimum Gasteiger partial charge on any atom is -0.490 e. The molecule has 1 N–H and O–H groups in total. The zero-order valence-corrected chi connectivity index (χ0v) is 21.5. The number of thiocarbonyl (C=S) groups is 1. The monoisotopic (exact) mass is 532 g/mol. The van der Waals surface area contributed by atoms with E-state index in [1.54, 1.807) is 35.2 Å². The first-order valence-electron chi connectivity index (χ1n) is 11.3. The van der Waals surface area contributed by atoms with Crippen molar-refractivity contribution in [2.24, 2.45) is 0 Å². The molecule has 35 heavy (non-hydrogen) atoms. The maximum Gasteiger partial charge on any atom is 0.266 e. The van der Waals surface area contributed by atoms with Gasteiger partial charge in [-0.05, 0) is 55.7 Å². The van der Waals surface area contributed by atoms with Crippen LogP contribution in [0.4, 0.5) is 5.69 Å². The maximum atomic E-state index is 13.0. The van der Waals surface area contributed by atoms with Crippen molar-refractivity contribution in [3.8, 4) is 11.5 Å². The smallest absolute Gasteiger partial charge is 0.266 e. The molecule has 1 atom stereocenters. The Morgan fingerprint density at radius 1 is 1.31 bits per heavy atom. The van der Waals surface area contributed by atoms with Gasteiger partial charge in [-0.1, -0.05) is 53.8 Å². The summed E-state index contributed by atoms with van der Waals surface area (Å²) in [5.74, 6) is 0.171. The highest BCUT2D eigenvalue weighted by Gasteiger charge is 2.34. The van der Waals surface area contributed by atoms with Crippen molar-refractivity contribution in [1.82, 2.24) is 4.90 Å². The van der Waals surface area contributed by atoms with E-state index >= 15 is 0 Å². The number of thioether (sulfide) groups is 1. The van der Waals surface area contributed by atoms with Crippen LogP contribution in [0.15, 0.2) is 47.4 Å². The molecule has 4 rings (SSSR count). The fraction of sp³-hybridized carbons (Fsp3) is 0.320. The number of nitrogens with zero attached hydrogens (tertiary/aromatic N) is 1. The number of amides is 2. The molecule has 0 saturated carbocycles. The summed E-state index contributed by atoms with van der Waals surface area (Å²) >= 11 is 13.2.